The molecule has 0 heterocycles. The van der Waals surface area contributed by atoms with Gasteiger partial charge in [0, 0.05) is 5.92 Å². The molecular weight excluding hydrogens is 124 g/mol. The number of carbonyl (C=O) groups is 1. The molecule has 0 aromatic carbocycles. The molecule has 1 nitrogen and oxygen atoms in total. The van der Waals surface area contributed by atoms with E-state index in [9.17, 15) is 4.79 Å². The van der Waals surface area contributed by atoms with Crippen LogP contribution < -0.4 is 0 Å². The van der Waals surface area contributed by atoms with Crippen LogP contribution in [0.15, 0.2) is 24.3 Å². The number of hydrogen-bond donors (Lipinski definition) is 0. The van der Waals surface area contributed by atoms with E-state index in [-0.39, 0.29) is 11.7 Å². The lowest BCUT2D eigenvalue weighted by Gasteiger charge is -1.99. The zero-order valence-corrected chi connectivity index (χ0v) is 6.85. The molecule has 0 fully saturated rings. The predicted molar refractivity (Wildman–Crippen MR) is 43.8 cm³/mol. The van der Waals surface area contributed by atoms with Gasteiger partial charge in [-0.05, 0) is 13.8 Å². The zero-order chi connectivity index (χ0) is 8.15. The quantitative estimate of drug-likeness (QED) is 0.547. The molecule has 0 N–H and O–H groups in total. The molecule has 0 saturated heterocycles. The van der Waals surface area contributed by atoms with Crippen LogP contribution in [0.3, 0.4) is 0 Å². The molecule has 0 rings (SSSR count). The maximum absolute atomic E-state index is 10.7. The van der Waals surface area contributed by atoms with Gasteiger partial charge in [-0.2, -0.15) is 0 Å². The van der Waals surface area contributed by atoms with Gasteiger partial charge in [0.2, 0.25) is 0 Å². The van der Waals surface area contributed by atoms with Gasteiger partial charge in [0.05, 0.1) is 0 Å². The monoisotopic (exact) mass is 138 g/mol. The van der Waals surface area contributed by atoms with Gasteiger partial charge in [0.15, 0.2) is 0 Å². The Hall–Kier alpha value is -0.850. The Morgan fingerprint density at radius 3 is 2.30 bits per heavy atom. The normalized spacial score (nSPS) is 14.5. The summed E-state index contributed by atoms with van der Waals surface area (Å²) in [5.74, 6) is 0.221. The van der Waals surface area contributed by atoms with E-state index in [4.69, 9.17) is 0 Å². The minimum atomic E-state index is 0.0259. The molecule has 0 aromatic rings. The van der Waals surface area contributed by atoms with Crippen molar-refractivity contribution in [3.05, 3.63) is 24.3 Å². The summed E-state index contributed by atoms with van der Waals surface area (Å²) >= 11 is 0. The van der Waals surface area contributed by atoms with Crippen molar-refractivity contribution in [1.82, 2.24) is 0 Å². The summed E-state index contributed by atoms with van der Waals surface area (Å²) in [4.78, 5) is 10.7. The van der Waals surface area contributed by atoms with Crippen LogP contribution in [0.4, 0.5) is 0 Å². The smallest absolute Gasteiger partial charge is 0.136 e. The minimum Gasteiger partial charge on any atom is -0.299 e. The first-order valence-corrected chi connectivity index (χ1v) is 3.39. The summed E-state index contributed by atoms with van der Waals surface area (Å²) in [6.45, 7) is 9.01. The fraction of sp³-hybridized carbons (Fsp3) is 0.444. The number of Topliss-reactive ketones (excluding diaryl/α,β-unsaturated/α-hetero) is 1. The molecule has 1 heteroatoms. The third-order valence-corrected chi connectivity index (χ3v) is 1.48. The second-order valence-corrected chi connectivity index (χ2v) is 2.51. The van der Waals surface area contributed by atoms with Crippen LogP contribution in [0.25, 0.3) is 0 Å². The molecule has 0 spiro atoms. The second-order valence-electron chi connectivity index (χ2n) is 2.51. The Kier molecular flexibility index (Phi) is 3.70. The highest BCUT2D eigenvalue weighted by Gasteiger charge is 2.01. The van der Waals surface area contributed by atoms with Gasteiger partial charge in [0.1, 0.15) is 5.78 Å². The van der Waals surface area contributed by atoms with E-state index in [1.54, 1.807) is 13.0 Å². The van der Waals surface area contributed by atoms with Gasteiger partial charge < -0.3 is 0 Å². The van der Waals surface area contributed by atoms with Gasteiger partial charge in [-0.3, -0.25) is 4.79 Å². The van der Waals surface area contributed by atoms with Gasteiger partial charge in [-0.25, -0.2) is 0 Å². The van der Waals surface area contributed by atoms with E-state index in [0.717, 1.165) is 5.57 Å². The lowest BCUT2D eigenvalue weighted by Crippen LogP contribution is -2.02. The maximum atomic E-state index is 10.7. The van der Waals surface area contributed by atoms with Crippen LogP contribution in [0.1, 0.15) is 20.8 Å². The second kappa shape index (κ2) is 4.04. The fourth-order valence-corrected chi connectivity index (χ4v) is 0.580. The summed E-state index contributed by atoms with van der Waals surface area (Å²) in [6.07, 6.45) is 3.66. The van der Waals surface area contributed by atoms with Crippen molar-refractivity contribution in [1.29, 1.82) is 0 Å². The van der Waals surface area contributed by atoms with Crippen LogP contribution >= 0.6 is 0 Å². The Bertz CT molecular complexity index is 166. The zero-order valence-electron chi connectivity index (χ0n) is 6.85. The fourth-order valence-electron chi connectivity index (χ4n) is 0.580. The third kappa shape index (κ3) is 3.23. The number of allylic oxidation sites excluding steroid dienone is 3. The van der Waals surface area contributed by atoms with Crippen molar-refractivity contribution in [2.24, 2.45) is 5.92 Å². The summed E-state index contributed by atoms with van der Waals surface area (Å²) in [7, 11) is 0. The van der Waals surface area contributed by atoms with E-state index < -0.39 is 0 Å². The summed E-state index contributed by atoms with van der Waals surface area (Å²) < 4.78 is 0. The average molecular weight is 138 g/mol. The topological polar surface area (TPSA) is 17.1 Å². The molecule has 10 heavy (non-hydrogen) atoms. The highest BCUT2D eigenvalue weighted by atomic mass is 16.1. The Morgan fingerprint density at radius 1 is 1.50 bits per heavy atom. The van der Waals surface area contributed by atoms with Gasteiger partial charge >= 0.3 is 0 Å². The van der Waals surface area contributed by atoms with Crippen LogP contribution in [0, 0.1) is 5.92 Å². The predicted octanol–water partition coefficient (Wildman–Crippen LogP) is 2.34. The lowest BCUT2D eigenvalue weighted by atomic mass is 10.0. The first-order valence-electron chi connectivity index (χ1n) is 3.39. The first kappa shape index (κ1) is 9.15. The van der Waals surface area contributed by atoms with Crippen LogP contribution in [0.2, 0.25) is 0 Å². The van der Waals surface area contributed by atoms with Crippen molar-refractivity contribution < 1.29 is 4.79 Å². The van der Waals surface area contributed by atoms with E-state index in [1.165, 1.54) is 0 Å². The first-order chi connectivity index (χ1) is 4.57. The maximum Gasteiger partial charge on any atom is 0.136 e. The molecule has 0 aromatic heterocycles. The molecule has 0 aliphatic heterocycles. The average Bonchev–Trinajstić information content (AvgIpc) is 1.87. The third-order valence-electron chi connectivity index (χ3n) is 1.48. The molecule has 0 amide bonds. The number of hydrogen-bond acceptors (Lipinski definition) is 1. The SMILES string of the molecule is C=C/C(C)=C/[C@@H](C)C(C)=O. The van der Waals surface area contributed by atoms with Crippen LogP contribution in [-0.2, 0) is 4.79 Å². The molecule has 0 bridgehead atoms. The van der Waals surface area contributed by atoms with Crippen LogP contribution in [0.5, 0.6) is 0 Å². The highest BCUT2D eigenvalue weighted by molar-refractivity contribution is 5.79. The number of carbonyl (C=O) groups excluding carboxylic acids is 1. The summed E-state index contributed by atoms with van der Waals surface area (Å²) in [6, 6.07) is 0. The Morgan fingerprint density at radius 2 is 2.00 bits per heavy atom. The van der Waals surface area contributed by atoms with E-state index in [0.29, 0.717) is 0 Å². The number of ketones is 1. The standard InChI is InChI=1S/C9H14O/c1-5-7(2)6-8(3)9(4)10/h5-6,8H,1H2,2-4H3/b7-6+/t8-/m1/s1. The van der Waals surface area contributed by atoms with E-state index >= 15 is 0 Å². The molecule has 1 atom stereocenters. The van der Waals surface area contributed by atoms with E-state index in [1.807, 2.05) is 19.9 Å². The van der Waals surface area contributed by atoms with Crippen molar-refractivity contribution >= 4 is 5.78 Å². The van der Waals surface area contributed by atoms with E-state index in [2.05, 4.69) is 6.58 Å². The lowest BCUT2D eigenvalue weighted by molar-refractivity contribution is -0.118. The van der Waals surface area contributed by atoms with Gasteiger partial charge in [0.25, 0.3) is 0 Å². The van der Waals surface area contributed by atoms with Crippen molar-refractivity contribution in [3.8, 4) is 0 Å². The van der Waals surface area contributed by atoms with Gasteiger partial charge in [-0.1, -0.05) is 31.2 Å². The molecule has 0 unspecified atom stereocenters. The van der Waals surface area contributed by atoms with Crippen molar-refractivity contribution in [2.75, 3.05) is 0 Å². The van der Waals surface area contributed by atoms with Gasteiger partial charge in [-0.15, -0.1) is 0 Å². The molecular formula is C9H14O. The molecule has 0 saturated carbocycles. The Balaban J connectivity index is 4.11. The van der Waals surface area contributed by atoms with Crippen molar-refractivity contribution in [2.45, 2.75) is 20.8 Å². The number of rotatable bonds is 3. The summed E-state index contributed by atoms with van der Waals surface area (Å²) in [5, 5.41) is 0. The largest absolute Gasteiger partial charge is 0.299 e. The molecule has 0 aliphatic carbocycles. The molecule has 0 radical (unpaired) electrons. The Labute approximate surface area is 62.4 Å². The summed E-state index contributed by atoms with van der Waals surface area (Å²) in [5.41, 5.74) is 1.06. The molecule has 0 aliphatic rings. The van der Waals surface area contributed by atoms with Crippen molar-refractivity contribution in [3.63, 3.8) is 0 Å². The molecule has 56 valence electrons. The highest BCUT2D eigenvalue weighted by Crippen LogP contribution is 2.03. The van der Waals surface area contributed by atoms with Crippen LogP contribution in [-0.4, -0.2) is 5.78 Å². The minimum absolute atomic E-state index is 0.0259.